The van der Waals surface area contributed by atoms with Gasteiger partial charge in [-0.05, 0) is 18.6 Å². The number of halogens is 2. The number of aromatic nitrogens is 2. The minimum atomic E-state index is -0.520. The first-order valence-corrected chi connectivity index (χ1v) is 6.14. The molecule has 0 radical (unpaired) electrons. The van der Waals surface area contributed by atoms with Crippen molar-refractivity contribution in [2.45, 2.75) is 13.3 Å². The number of nitrogens with zero attached hydrogens (tertiary/aromatic N) is 2. The summed E-state index contributed by atoms with van der Waals surface area (Å²) in [6, 6.07) is 7.76. The molecule has 0 spiro atoms. The summed E-state index contributed by atoms with van der Waals surface area (Å²) in [5, 5.41) is 0. The maximum Gasteiger partial charge on any atom is 0.187 e. The Kier molecular flexibility index (Phi) is 3.88. The molecule has 0 bridgehead atoms. The molecule has 4 nitrogen and oxygen atoms in total. The van der Waals surface area contributed by atoms with Crippen LogP contribution in [0.3, 0.4) is 0 Å². The van der Waals surface area contributed by atoms with Crippen molar-refractivity contribution in [3.63, 3.8) is 0 Å². The molecule has 2 rings (SSSR count). The largest absolute Gasteiger partial charge is 0.306 e. The molecule has 2 aromatic rings. The van der Waals surface area contributed by atoms with Gasteiger partial charge in [-0.1, -0.05) is 34.1 Å². The third kappa shape index (κ3) is 2.65. The van der Waals surface area contributed by atoms with Crippen molar-refractivity contribution in [3.05, 3.63) is 51.6 Å². The minimum Gasteiger partial charge on any atom is -0.306 e. The van der Waals surface area contributed by atoms with E-state index in [-0.39, 0.29) is 11.5 Å². The molecule has 0 aliphatic heterocycles. The average Bonchev–Trinajstić information content (AvgIpc) is 2.36. The number of hydrogen-bond acceptors (Lipinski definition) is 4. The Morgan fingerprint density at radius 2 is 2.06 bits per heavy atom. The van der Waals surface area contributed by atoms with Crippen LogP contribution in [0.1, 0.15) is 17.1 Å². The Bertz CT molecular complexity index is 574. The average molecular weight is 311 g/mol. The van der Waals surface area contributed by atoms with Crippen molar-refractivity contribution in [2.24, 2.45) is 5.84 Å². The lowest BCUT2D eigenvalue weighted by Crippen LogP contribution is -2.14. The lowest BCUT2D eigenvalue weighted by Gasteiger charge is -2.08. The van der Waals surface area contributed by atoms with Gasteiger partial charge in [0.05, 0.1) is 5.69 Å². The number of rotatable bonds is 3. The molecule has 1 aromatic carbocycles. The molecule has 0 unspecified atom stereocenters. The highest BCUT2D eigenvalue weighted by Crippen LogP contribution is 2.20. The van der Waals surface area contributed by atoms with Crippen LogP contribution >= 0.6 is 15.9 Å². The van der Waals surface area contributed by atoms with Gasteiger partial charge in [-0.25, -0.2) is 20.2 Å². The number of hydrogen-bond donors (Lipinski definition) is 2. The zero-order valence-corrected chi connectivity index (χ0v) is 11.3. The summed E-state index contributed by atoms with van der Waals surface area (Å²) in [6.07, 6.45) is 0.511. The van der Waals surface area contributed by atoms with E-state index in [1.54, 1.807) is 6.92 Å². The van der Waals surface area contributed by atoms with E-state index < -0.39 is 5.82 Å². The predicted octanol–water partition coefficient (Wildman–Crippen LogP) is 2.56. The summed E-state index contributed by atoms with van der Waals surface area (Å²) in [4.78, 5) is 8.16. The van der Waals surface area contributed by atoms with E-state index in [2.05, 4.69) is 31.3 Å². The van der Waals surface area contributed by atoms with Crippen molar-refractivity contribution < 1.29 is 4.39 Å². The fourth-order valence-electron chi connectivity index (χ4n) is 1.60. The van der Waals surface area contributed by atoms with Gasteiger partial charge < -0.3 is 5.43 Å². The summed E-state index contributed by atoms with van der Waals surface area (Å²) in [5.41, 5.74) is 3.55. The van der Waals surface area contributed by atoms with Crippen molar-refractivity contribution >= 4 is 21.7 Å². The van der Waals surface area contributed by atoms with Crippen LogP contribution in [0.5, 0.6) is 0 Å². The summed E-state index contributed by atoms with van der Waals surface area (Å²) < 4.78 is 14.5. The number of nitrogens with one attached hydrogen (secondary N) is 1. The number of hydrazine groups is 1. The van der Waals surface area contributed by atoms with Crippen molar-refractivity contribution in [1.82, 2.24) is 9.97 Å². The Labute approximate surface area is 113 Å². The zero-order valence-electron chi connectivity index (χ0n) is 9.74. The van der Waals surface area contributed by atoms with Crippen molar-refractivity contribution in [1.29, 1.82) is 0 Å². The normalized spacial score (nSPS) is 10.4. The number of benzene rings is 1. The van der Waals surface area contributed by atoms with Crippen LogP contribution in [-0.2, 0) is 6.42 Å². The first kappa shape index (κ1) is 12.9. The minimum absolute atomic E-state index is 0.0181. The van der Waals surface area contributed by atoms with Gasteiger partial charge in [0, 0.05) is 10.9 Å². The SMILES string of the molecule is Cc1nc(Cc2ccccc2Br)nc(NN)c1F. The van der Waals surface area contributed by atoms with E-state index in [1.165, 1.54) is 0 Å². The highest BCUT2D eigenvalue weighted by molar-refractivity contribution is 9.10. The van der Waals surface area contributed by atoms with Crippen molar-refractivity contribution in [2.75, 3.05) is 5.43 Å². The molecule has 0 atom stereocenters. The Morgan fingerprint density at radius 1 is 1.33 bits per heavy atom. The second kappa shape index (κ2) is 5.41. The van der Waals surface area contributed by atoms with Gasteiger partial charge in [-0.3, -0.25) is 0 Å². The summed E-state index contributed by atoms with van der Waals surface area (Å²) >= 11 is 3.45. The molecule has 94 valence electrons. The van der Waals surface area contributed by atoms with Gasteiger partial charge in [-0.2, -0.15) is 0 Å². The molecule has 1 aromatic heterocycles. The lowest BCUT2D eigenvalue weighted by molar-refractivity contribution is 0.601. The summed E-state index contributed by atoms with van der Waals surface area (Å²) in [7, 11) is 0. The molecule has 3 N–H and O–H groups in total. The first-order chi connectivity index (χ1) is 8.61. The van der Waals surface area contributed by atoms with Crippen LogP contribution in [0.2, 0.25) is 0 Å². The van der Waals surface area contributed by atoms with Crippen LogP contribution in [0.25, 0.3) is 0 Å². The van der Waals surface area contributed by atoms with E-state index in [0.717, 1.165) is 10.0 Å². The molecular weight excluding hydrogens is 299 g/mol. The van der Waals surface area contributed by atoms with Gasteiger partial charge in [-0.15, -0.1) is 0 Å². The zero-order chi connectivity index (χ0) is 13.1. The quantitative estimate of drug-likeness (QED) is 0.675. The number of aryl methyl sites for hydroxylation is 1. The maximum absolute atomic E-state index is 13.5. The molecule has 0 saturated heterocycles. The molecule has 0 saturated carbocycles. The molecule has 18 heavy (non-hydrogen) atoms. The number of nitrogens with two attached hydrogens (primary N) is 1. The van der Waals surface area contributed by atoms with Crippen LogP contribution in [0.15, 0.2) is 28.7 Å². The molecule has 0 aliphatic rings. The van der Waals surface area contributed by atoms with Gasteiger partial charge in [0.25, 0.3) is 0 Å². The molecular formula is C12H12BrFN4. The van der Waals surface area contributed by atoms with E-state index >= 15 is 0 Å². The molecule has 0 aliphatic carbocycles. The fraction of sp³-hybridized carbons (Fsp3) is 0.167. The molecule has 1 heterocycles. The number of anilines is 1. The highest BCUT2D eigenvalue weighted by atomic mass is 79.9. The fourth-order valence-corrected chi connectivity index (χ4v) is 2.03. The smallest absolute Gasteiger partial charge is 0.187 e. The van der Waals surface area contributed by atoms with Gasteiger partial charge in [0.1, 0.15) is 5.82 Å². The maximum atomic E-state index is 13.5. The summed E-state index contributed by atoms with van der Waals surface area (Å²) in [6.45, 7) is 1.58. The highest BCUT2D eigenvalue weighted by Gasteiger charge is 2.11. The number of nitrogen functional groups attached to an aromatic ring is 1. The van der Waals surface area contributed by atoms with Gasteiger partial charge in [0.2, 0.25) is 0 Å². The summed E-state index contributed by atoms with van der Waals surface area (Å²) in [5.74, 6) is 5.24. The molecule has 0 amide bonds. The second-order valence-corrected chi connectivity index (χ2v) is 4.65. The van der Waals surface area contributed by atoms with Crippen molar-refractivity contribution in [3.8, 4) is 0 Å². The third-order valence-electron chi connectivity index (χ3n) is 2.51. The first-order valence-electron chi connectivity index (χ1n) is 5.35. The van der Waals surface area contributed by atoms with Crippen LogP contribution < -0.4 is 11.3 Å². The standard InChI is InChI=1S/C12H12BrFN4/c1-7-11(14)12(18-15)17-10(16-7)6-8-4-2-3-5-9(8)13/h2-5H,6,15H2,1H3,(H,16,17,18). The Hall–Kier alpha value is -1.53. The Morgan fingerprint density at radius 3 is 2.72 bits per heavy atom. The van der Waals surface area contributed by atoms with Gasteiger partial charge >= 0.3 is 0 Å². The van der Waals surface area contributed by atoms with Crippen LogP contribution in [0, 0.1) is 12.7 Å². The van der Waals surface area contributed by atoms with E-state index in [0.29, 0.717) is 12.2 Å². The third-order valence-corrected chi connectivity index (χ3v) is 3.28. The van der Waals surface area contributed by atoms with E-state index in [1.807, 2.05) is 24.3 Å². The second-order valence-electron chi connectivity index (χ2n) is 3.80. The van der Waals surface area contributed by atoms with E-state index in [4.69, 9.17) is 5.84 Å². The monoisotopic (exact) mass is 310 g/mol. The van der Waals surface area contributed by atoms with E-state index in [9.17, 15) is 4.39 Å². The molecule has 0 fully saturated rings. The van der Waals surface area contributed by atoms with Gasteiger partial charge in [0.15, 0.2) is 11.6 Å². The predicted molar refractivity (Wildman–Crippen MR) is 71.5 cm³/mol. The van der Waals surface area contributed by atoms with Crippen LogP contribution in [-0.4, -0.2) is 9.97 Å². The topological polar surface area (TPSA) is 63.8 Å². The van der Waals surface area contributed by atoms with Crippen LogP contribution in [0.4, 0.5) is 10.2 Å². The Balaban J connectivity index is 2.36. The lowest BCUT2D eigenvalue weighted by atomic mass is 10.1. The molecule has 6 heteroatoms.